The lowest BCUT2D eigenvalue weighted by Crippen LogP contribution is -2.27. The molecule has 0 saturated carbocycles. The summed E-state index contributed by atoms with van der Waals surface area (Å²) in [6, 6.07) is 0. The van der Waals surface area contributed by atoms with Crippen LogP contribution in [0.25, 0.3) is 0 Å². The average Bonchev–Trinajstić information content (AvgIpc) is 2.15. The lowest BCUT2D eigenvalue weighted by atomic mass is 10.4. The summed E-state index contributed by atoms with van der Waals surface area (Å²) in [5.41, 5.74) is 0. The van der Waals surface area contributed by atoms with Gasteiger partial charge in [-0.1, -0.05) is 0 Å². The number of carbonyl (C=O) groups is 2. The monoisotopic (exact) mass is 203 g/mol. The van der Waals surface area contributed by atoms with Crippen molar-refractivity contribution in [2.24, 2.45) is 0 Å². The Hall–Kier alpha value is -1.10. The van der Waals surface area contributed by atoms with Gasteiger partial charge in [-0.15, -0.1) is 0 Å². The van der Waals surface area contributed by atoms with E-state index in [1.165, 1.54) is 7.11 Å². The molecular weight excluding hydrogens is 186 g/mol. The quantitative estimate of drug-likeness (QED) is 0.596. The predicted octanol–water partition coefficient (Wildman–Crippen LogP) is 0.0923. The van der Waals surface area contributed by atoms with Gasteiger partial charge in [0.15, 0.2) is 0 Å². The molecule has 0 rings (SSSR count). The Morgan fingerprint density at radius 1 is 1.29 bits per heavy atom. The zero-order valence-corrected chi connectivity index (χ0v) is 8.67. The van der Waals surface area contributed by atoms with Gasteiger partial charge in [-0.25, -0.2) is 0 Å². The highest BCUT2D eigenvalue weighted by atomic mass is 16.5. The Balaban J connectivity index is 3.34. The second kappa shape index (κ2) is 8.50. The normalized spacial score (nSPS) is 9.57. The SMILES string of the molecule is CCOC(=O)CCNC(=O)CCOC. The number of esters is 1. The van der Waals surface area contributed by atoms with E-state index in [-0.39, 0.29) is 18.3 Å². The van der Waals surface area contributed by atoms with Crippen LogP contribution in [0, 0.1) is 0 Å². The van der Waals surface area contributed by atoms with Gasteiger partial charge in [-0.05, 0) is 6.92 Å². The molecule has 0 aliphatic rings. The van der Waals surface area contributed by atoms with Gasteiger partial charge in [-0.2, -0.15) is 0 Å². The van der Waals surface area contributed by atoms with Crippen LogP contribution in [0.1, 0.15) is 19.8 Å². The maximum Gasteiger partial charge on any atom is 0.307 e. The van der Waals surface area contributed by atoms with E-state index >= 15 is 0 Å². The first-order valence-electron chi connectivity index (χ1n) is 4.62. The van der Waals surface area contributed by atoms with Crippen LogP contribution in [0.5, 0.6) is 0 Å². The van der Waals surface area contributed by atoms with Gasteiger partial charge in [0.05, 0.1) is 19.6 Å². The van der Waals surface area contributed by atoms with Crippen LogP contribution in [0.2, 0.25) is 0 Å². The smallest absolute Gasteiger partial charge is 0.307 e. The number of ether oxygens (including phenoxy) is 2. The third-order valence-electron chi connectivity index (χ3n) is 1.49. The maximum absolute atomic E-state index is 11.0. The fourth-order valence-corrected chi connectivity index (χ4v) is 0.820. The van der Waals surface area contributed by atoms with Crippen LogP contribution < -0.4 is 5.32 Å². The number of hydrogen-bond donors (Lipinski definition) is 1. The zero-order valence-electron chi connectivity index (χ0n) is 8.67. The van der Waals surface area contributed by atoms with Gasteiger partial charge in [-0.3, -0.25) is 9.59 Å². The van der Waals surface area contributed by atoms with Crippen molar-refractivity contribution in [3.63, 3.8) is 0 Å². The third-order valence-corrected chi connectivity index (χ3v) is 1.49. The number of nitrogens with one attached hydrogen (secondary N) is 1. The summed E-state index contributed by atoms with van der Waals surface area (Å²) in [4.78, 5) is 21.8. The molecule has 0 heterocycles. The number of hydrogen-bond acceptors (Lipinski definition) is 4. The molecule has 0 aromatic carbocycles. The summed E-state index contributed by atoms with van der Waals surface area (Å²) in [6.45, 7) is 2.83. The van der Waals surface area contributed by atoms with E-state index in [4.69, 9.17) is 4.74 Å². The summed E-state index contributed by atoms with van der Waals surface area (Å²) >= 11 is 0. The van der Waals surface area contributed by atoms with Gasteiger partial charge in [0.2, 0.25) is 5.91 Å². The van der Waals surface area contributed by atoms with Crippen LogP contribution >= 0.6 is 0 Å². The van der Waals surface area contributed by atoms with Crippen LogP contribution in [-0.2, 0) is 19.1 Å². The minimum absolute atomic E-state index is 0.115. The van der Waals surface area contributed by atoms with Crippen molar-refractivity contribution < 1.29 is 19.1 Å². The second-order valence-electron chi connectivity index (χ2n) is 2.65. The molecule has 0 aliphatic heterocycles. The van der Waals surface area contributed by atoms with Crippen molar-refractivity contribution in [2.45, 2.75) is 19.8 Å². The molecule has 14 heavy (non-hydrogen) atoms. The molecule has 0 aromatic heterocycles. The largest absolute Gasteiger partial charge is 0.466 e. The Morgan fingerprint density at radius 2 is 2.00 bits per heavy atom. The second-order valence-corrected chi connectivity index (χ2v) is 2.65. The zero-order chi connectivity index (χ0) is 10.8. The van der Waals surface area contributed by atoms with Crippen molar-refractivity contribution in [2.75, 3.05) is 26.9 Å². The molecule has 5 heteroatoms. The van der Waals surface area contributed by atoms with E-state index in [0.29, 0.717) is 26.2 Å². The minimum atomic E-state index is -0.292. The van der Waals surface area contributed by atoms with Crippen LogP contribution in [0.15, 0.2) is 0 Å². The van der Waals surface area contributed by atoms with Crippen LogP contribution in [0.3, 0.4) is 0 Å². The molecule has 0 radical (unpaired) electrons. The van der Waals surface area contributed by atoms with Gasteiger partial charge in [0.1, 0.15) is 0 Å². The van der Waals surface area contributed by atoms with Gasteiger partial charge >= 0.3 is 5.97 Å². The fourth-order valence-electron chi connectivity index (χ4n) is 0.820. The molecule has 0 unspecified atom stereocenters. The summed E-state index contributed by atoms with van der Waals surface area (Å²) in [5.74, 6) is -0.407. The first-order chi connectivity index (χ1) is 6.70. The van der Waals surface area contributed by atoms with Crippen LogP contribution in [0.4, 0.5) is 0 Å². The van der Waals surface area contributed by atoms with Crippen molar-refractivity contribution in [1.29, 1.82) is 0 Å². The predicted molar refractivity (Wildman–Crippen MR) is 50.8 cm³/mol. The minimum Gasteiger partial charge on any atom is -0.466 e. The number of methoxy groups -OCH3 is 1. The Labute approximate surface area is 83.8 Å². The van der Waals surface area contributed by atoms with E-state index in [1.807, 2.05) is 0 Å². The third kappa shape index (κ3) is 7.54. The molecule has 1 amide bonds. The van der Waals surface area contributed by atoms with Crippen molar-refractivity contribution in [3.8, 4) is 0 Å². The number of carbonyl (C=O) groups excluding carboxylic acids is 2. The van der Waals surface area contributed by atoms with Crippen molar-refractivity contribution in [1.82, 2.24) is 5.32 Å². The molecule has 0 aliphatic carbocycles. The average molecular weight is 203 g/mol. The highest BCUT2D eigenvalue weighted by Crippen LogP contribution is 1.86. The van der Waals surface area contributed by atoms with E-state index in [2.05, 4.69) is 10.1 Å². The Kier molecular flexibility index (Phi) is 7.83. The Morgan fingerprint density at radius 3 is 2.57 bits per heavy atom. The van der Waals surface area contributed by atoms with Crippen molar-refractivity contribution >= 4 is 11.9 Å². The number of amides is 1. The first-order valence-corrected chi connectivity index (χ1v) is 4.62. The molecule has 0 aromatic rings. The topological polar surface area (TPSA) is 64.6 Å². The molecule has 0 atom stereocenters. The van der Waals surface area contributed by atoms with Gasteiger partial charge < -0.3 is 14.8 Å². The first kappa shape index (κ1) is 12.9. The highest BCUT2D eigenvalue weighted by Gasteiger charge is 2.03. The van der Waals surface area contributed by atoms with Gasteiger partial charge in [0, 0.05) is 20.1 Å². The summed E-state index contributed by atoms with van der Waals surface area (Å²) < 4.78 is 9.42. The standard InChI is InChI=1S/C9H17NO4/c1-3-14-9(12)4-6-10-8(11)5-7-13-2/h3-7H2,1-2H3,(H,10,11). The highest BCUT2D eigenvalue weighted by molar-refractivity contribution is 5.77. The van der Waals surface area contributed by atoms with Crippen LogP contribution in [-0.4, -0.2) is 38.7 Å². The lowest BCUT2D eigenvalue weighted by Gasteiger charge is -2.04. The molecule has 0 bridgehead atoms. The summed E-state index contributed by atoms with van der Waals surface area (Å²) in [7, 11) is 1.53. The van der Waals surface area contributed by atoms with Gasteiger partial charge in [0.25, 0.3) is 0 Å². The lowest BCUT2D eigenvalue weighted by molar-refractivity contribution is -0.143. The molecule has 5 nitrogen and oxygen atoms in total. The summed E-state index contributed by atoms with van der Waals surface area (Å²) in [6.07, 6.45) is 0.534. The molecule has 0 spiro atoms. The summed E-state index contributed by atoms with van der Waals surface area (Å²) in [5, 5.41) is 2.59. The molecular formula is C9H17NO4. The molecule has 0 fully saturated rings. The Bertz CT molecular complexity index is 182. The fraction of sp³-hybridized carbons (Fsp3) is 0.778. The van der Waals surface area contributed by atoms with E-state index in [0.717, 1.165) is 0 Å². The van der Waals surface area contributed by atoms with Crippen molar-refractivity contribution in [3.05, 3.63) is 0 Å². The number of rotatable bonds is 7. The van der Waals surface area contributed by atoms with E-state index < -0.39 is 0 Å². The molecule has 82 valence electrons. The van der Waals surface area contributed by atoms with E-state index in [9.17, 15) is 9.59 Å². The molecule has 0 saturated heterocycles. The van der Waals surface area contributed by atoms with E-state index in [1.54, 1.807) is 6.92 Å². The maximum atomic E-state index is 11.0. The molecule has 1 N–H and O–H groups in total.